The Kier molecular flexibility index (Phi) is 14.4. The summed E-state index contributed by atoms with van der Waals surface area (Å²) in [5.74, 6) is 0. The molecule has 0 aromatic carbocycles. The summed E-state index contributed by atoms with van der Waals surface area (Å²) in [7, 11) is 0. The van der Waals surface area contributed by atoms with Crippen LogP contribution in [0.5, 0.6) is 0 Å². The highest BCUT2D eigenvalue weighted by Gasteiger charge is 2.17. The molecule has 0 aliphatic rings. The van der Waals surface area contributed by atoms with Crippen LogP contribution < -0.4 is 0 Å². The molecular weight excluding hydrogens is 250 g/mol. The fourth-order valence-corrected chi connectivity index (χ4v) is 2.73. The molecule has 0 saturated carbocycles. The summed E-state index contributed by atoms with van der Waals surface area (Å²) in [6, 6.07) is -0.293. The minimum absolute atomic E-state index is 0.0835. The molecule has 0 heterocycles. The second-order valence-corrected chi connectivity index (χ2v) is 6.05. The van der Waals surface area contributed by atoms with Gasteiger partial charge in [0.15, 0.2) is 0 Å². The van der Waals surface area contributed by atoms with Crippen LogP contribution in [0.1, 0.15) is 104 Å². The predicted molar refractivity (Wildman–Crippen MR) is 86.8 cm³/mol. The third kappa shape index (κ3) is 12.4. The van der Waals surface area contributed by atoms with E-state index in [1.807, 2.05) is 6.92 Å². The third-order valence-electron chi connectivity index (χ3n) is 4.06. The first-order chi connectivity index (χ1) is 9.72. The molecule has 0 saturated heterocycles. The lowest BCUT2D eigenvalue weighted by molar-refractivity contribution is -0.524. The second kappa shape index (κ2) is 14.8. The van der Waals surface area contributed by atoms with Crippen molar-refractivity contribution in [1.82, 2.24) is 0 Å². The van der Waals surface area contributed by atoms with Gasteiger partial charge in [0.25, 0.3) is 0 Å². The van der Waals surface area contributed by atoms with Gasteiger partial charge in [0.2, 0.25) is 6.04 Å². The maximum absolute atomic E-state index is 10.8. The van der Waals surface area contributed by atoms with E-state index in [9.17, 15) is 10.1 Å². The molecule has 0 amide bonds. The van der Waals surface area contributed by atoms with E-state index in [0.717, 1.165) is 25.7 Å². The van der Waals surface area contributed by atoms with Gasteiger partial charge in [0.05, 0.1) is 0 Å². The zero-order valence-corrected chi connectivity index (χ0v) is 13.7. The molecule has 0 rings (SSSR count). The van der Waals surface area contributed by atoms with Gasteiger partial charge >= 0.3 is 0 Å². The van der Waals surface area contributed by atoms with Crippen LogP contribution in [0.25, 0.3) is 0 Å². The summed E-state index contributed by atoms with van der Waals surface area (Å²) in [5, 5.41) is 10.8. The van der Waals surface area contributed by atoms with E-state index in [1.165, 1.54) is 64.2 Å². The first kappa shape index (κ1) is 19.4. The Hall–Kier alpha value is -0.600. The molecular formula is C17H35NO2. The van der Waals surface area contributed by atoms with Gasteiger partial charge in [-0.05, 0) is 12.8 Å². The van der Waals surface area contributed by atoms with Crippen LogP contribution in [-0.4, -0.2) is 11.0 Å². The van der Waals surface area contributed by atoms with Gasteiger partial charge in [-0.3, -0.25) is 10.1 Å². The number of hydrogen-bond acceptors (Lipinski definition) is 2. The van der Waals surface area contributed by atoms with E-state index in [1.54, 1.807) is 0 Å². The molecule has 0 bridgehead atoms. The minimum atomic E-state index is -0.293. The van der Waals surface area contributed by atoms with Crippen LogP contribution >= 0.6 is 0 Å². The van der Waals surface area contributed by atoms with Crippen molar-refractivity contribution in [3.8, 4) is 0 Å². The highest BCUT2D eigenvalue weighted by molar-refractivity contribution is 4.57. The van der Waals surface area contributed by atoms with E-state index in [2.05, 4.69) is 6.92 Å². The molecule has 0 aliphatic heterocycles. The van der Waals surface area contributed by atoms with Crippen LogP contribution in [-0.2, 0) is 0 Å². The van der Waals surface area contributed by atoms with E-state index in [4.69, 9.17) is 0 Å². The molecule has 120 valence electrons. The van der Waals surface area contributed by atoms with E-state index < -0.39 is 0 Å². The zero-order valence-electron chi connectivity index (χ0n) is 13.7. The summed E-state index contributed by atoms with van der Waals surface area (Å²) in [4.78, 5) is 10.7. The highest BCUT2D eigenvalue weighted by atomic mass is 16.6. The fraction of sp³-hybridized carbons (Fsp3) is 1.00. The van der Waals surface area contributed by atoms with Crippen molar-refractivity contribution in [2.24, 2.45) is 0 Å². The van der Waals surface area contributed by atoms with Gasteiger partial charge in [-0.2, -0.15) is 0 Å². The molecule has 20 heavy (non-hydrogen) atoms. The Bertz CT molecular complexity index is 219. The third-order valence-corrected chi connectivity index (χ3v) is 4.06. The molecule has 0 spiro atoms. The molecule has 0 radical (unpaired) electrons. The zero-order chi connectivity index (χ0) is 15.1. The molecule has 3 nitrogen and oxygen atoms in total. The number of nitrogens with zero attached hydrogens (tertiary/aromatic N) is 1. The summed E-state index contributed by atoms with van der Waals surface area (Å²) < 4.78 is 0. The molecule has 3 heteroatoms. The van der Waals surface area contributed by atoms with Crippen molar-refractivity contribution >= 4 is 0 Å². The van der Waals surface area contributed by atoms with E-state index >= 15 is 0 Å². The highest BCUT2D eigenvalue weighted by Crippen LogP contribution is 2.14. The van der Waals surface area contributed by atoms with Crippen molar-refractivity contribution in [3.05, 3.63) is 10.1 Å². The average molecular weight is 285 g/mol. The minimum Gasteiger partial charge on any atom is -0.264 e. The molecule has 0 aromatic heterocycles. The Morgan fingerprint density at radius 2 is 1.15 bits per heavy atom. The van der Waals surface area contributed by atoms with Crippen LogP contribution in [0.4, 0.5) is 0 Å². The van der Waals surface area contributed by atoms with Gasteiger partial charge in [0.1, 0.15) is 0 Å². The summed E-state index contributed by atoms with van der Waals surface area (Å²) in [6.45, 7) is 4.28. The van der Waals surface area contributed by atoms with Crippen molar-refractivity contribution in [1.29, 1.82) is 0 Å². The SMILES string of the molecule is CCCCCCCCCCCCCC(CCC)[N+](=O)[O-]. The van der Waals surface area contributed by atoms with Crippen LogP contribution in [0.15, 0.2) is 0 Å². The average Bonchev–Trinajstić information content (AvgIpc) is 2.43. The normalized spacial score (nSPS) is 12.5. The Morgan fingerprint density at radius 1 is 0.700 bits per heavy atom. The Balaban J connectivity index is 3.25. The van der Waals surface area contributed by atoms with Crippen LogP contribution in [0.2, 0.25) is 0 Å². The Labute approximate surface area is 125 Å². The van der Waals surface area contributed by atoms with Gasteiger partial charge in [-0.1, -0.05) is 78.1 Å². The summed E-state index contributed by atoms with van der Waals surface area (Å²) in [5.41, 5.74) is 0. The first-order valence-corrected chi connectivity index (χ1v) is 8.85. The predicted octanol–water partition coefficient (Wildman–Crippen LogP) is 6.13. The lowest BCUT2D eigenvalue weighted by atomic mass is 10.0. The number of nitro groups is 1. The van der Waals surface area contributed by atoms with E-state index in [-0.39, 0.29) is 11.0 Å². The van der Waals surface area contributed by atoms with Gasteiger partial charge in [-0.25, -0.2) is 0 Å². The lowest BCUT2D eigenvalue weighted by Gasteiger charge is -2.07. The number of hydrogen-bond donors (Lipinski definition) is 0. The summed E-state index contributed by atoms with van der Waals surface area (Å²) >= 11 is 0. The largest absolute Gasteiger partial charge is 0.264 e. The monoisotopic (exact) mass is 285 g/mol. The van der Waals surface area contributed by atoms with Crippen molar-refractivity contribution < 1.29 is 4.92 Å². The number of rotatable bonds is 15. The molecule has 0 fully saturated rings. The van der Waals surface area contributed by atoms with Gasteiger partial charge in [0, 0.05) is 17.8 Å². The van der Waals surface area contributed by atoms with Crippen molar-refractivity contribution in [2.75, 3.05) is 0 Å². The lowest BCUT2D eigenvalue weighted by Crippen LogP contribution is -2.18. The second-order valence-electron chi connectivity index (χ2n) is 6.05. The fourth-order valence-electron chi connectivity index (χ4n) is 2.73. The topological polar surface area (TPSA) is 43.1 Å². The molecule has 0 aliphatic carbocycles. The molecule has 0 N–H and O–H groups in total. The van der Waals surface area contributed by atoms with Gasteiger partial charge < -0.3 is 0 Å². The first-order valence-electron chi connectivity index (χ1n) is 8.85. The van der Waals surface area contributed by atoms with Crippen LogP contribution in [0, 0.1) is 10.1 Å². The maximum Gasteiger partial charge on any atom is 0.213 e. The van der Waals surface area contributed by atoms with Crippen molar-refractivity contribution in [3.63, 3.8) is 0 Å². The molecule has 0 aromatic rings. The molecule has 1 unspecified atom stereocenters. The van der Waals surface area contributed by atoms with Crippen LogP contribution in [0.3, 0.4) is 0 Å². The van der Waals surface area contributed by atoms with Crippen molar-refractivity contribution in [2.45, 2.75) is 110 Å². The standard InChI is InChI=1S/C17H35NO2/c1-3-5-6-7-8-9-10-11-12-13-14-16-17(15-4-2)18(19)20/h17H,3-16H2,1-2H3. The maximum atomic E-state index is 10.8. The smallest absolute Gasteiger partial charge is 0.213 e. The molecule has 1 atom stereocenters. The Morgan fingerprint density at radius 3 is 1.55 bits per heavy atom. The van der Waals surface area contributed by atoms with Gasteiger partial charge in [-0.15, -0.1) is 0 Å². The van der Waals surface area contributed by atoms with E-state index in [0.29, 0.717) is 0 Å². The summed E-state index contributed by atoms with van der Waals surface area (Å²) in [6.07, 6.45) is 16.8. The quantitative estimate of drug-likeness (QED) is 0.206. The number of unbranched alkanes of at least 4 members (excludes halogenated alkanes) is 10.